The van der Waals surface area contributed by atoms with Gasteiger partial charge in [-0.25, -0.2) is 0 Å². The predicted molar refractivity (Wildman–Crippen MR) is 129 cm³/mol. The van der Waals surface area contributed by atoms with Crippen LogP contribution in [0.15, 0.2) is 84.9 Å². The molecule has 152 valence electrons. The molecule has 0 fully saturated rings. The molecule has 1 heteroatoms. The zero-order valence-corrected chi connectivity index (χ0v) is 18.5. The number of rotatable bonds is 6. The van der Waals surface area contributed by atoms with Crippen molar-refractivity contribution in [3.05, 3.63) is 102 Å². The van der Waals surface area contributed by atoms with Crippen molar-refractivity contribution in [2.45, 2.75) is 40.5 Å². The van der Waals surface area contributed by atoms with E-state index in [2.05, 4.69) is 117 Å². The lowest BCUT2D eigenvalue weighted by molar-refractivity contribution is 0.627. The molecular formula is C29H31N. The average molecular weight is 394 g/mol. The first kappa shape index (κ1) is 20.2. The van der Waals surface area contributed by atoms with Crippen LogP contribution in [0.2, 0.25) is 0 Å². The quantitative estimate of drug-likeness (QED) is 0.314. The van der Waals surface area contributed by atoms with Crippen LogP contribution in [0.4, 0.5) is 0 Å². The Kier molecular flexibility index (Phi) is 5.90. The zero-order valence-electron chi connectivity index (χ0n) is 18.5. The molecule has 0 spiro atoms. The molecule has 4 aromatic rings. The molecule has 3 aromatic carbocycles. The predicted octanol–water partition coefficient (Wildman–Crippen LogP) is 7.88. The minimum Gasteiger partial charge on any atom is -0.313 e. The van der Waals surface area contributed by atoms with Crippen LogP contribution in [-0.4, -0.2) is 4.57 Å². The fraction of sp³-hybridized carbons (Fsp3) is 0.241. The van der Waals surface area contributed by atoms with Gasteiger partial charge in [-0.15, -0.1) is 0 Å². The molecule has 0 N–H and O–H groups in total. The van der Waals surface area contributed by atoms with E-state index in [4.69, 9.17) is 0 Å². The molecular weight excluding hydrogens is 362 g/mol. The van der Waals surface area contributed by atoms with Gasteiger partial charge in [0.1, 0.15) is 0 Å². The van der Waals surface area contributed by atoms with Crippen LogP contribution in [0.5, 0.6) is 0 Å². The summed E-state index contributed by atoms with van der Waals surface area (Å²) in [7, 11) is 0. The first-order valence-electron chi connectivity index (χ1n) is 11.0. The molecule has 0 saturated carbocycles. The Balaban J connectivity index is 2.07. The number of para-hydroxylation sites is 1. The average Bonchev–Trinajstić information content (AvgIpc) is 3.13. The van der Waals surface area contributed by atoms with Gasteiger partial charge in [0.15, 0.2) is 0 Å². The fourth-order valence-corrected chi connectivity index (χ4v) is 4.27. The largest absolute Gasteiger partial charge is 0.313 e. The molecule has 0 atom stereocenters. The van der Waals surface area contributed by atoms with E-state index in [1.807, 2.05) is 0 Å². The van der Waals surface area contributed by atoms with Crippen molar-refractivity contribution < 1.29 is 0 Å². The lowest BCUT2D eigenvalue weighted by Gasteiger charge is -2.19. The van der Waals surface area contributed by atoms with Crippen molar-refractivity contribution in [2.75, 3.05) is 0 Å². The monoisotopic (exact) mass is 393 g/mol. The Morgan fingerprint density at radius 1 is 0.767 bits per heavy atom. The third-order valence-electron chi connectivity index (χ3n) is 5.72. The van der Waals surface area contributed by atoms with E-state index < -0.39 is 0 Å². The summed E-state index contributed by atoms with van der Waals surface area (Å²) in [6.07, 6.45) is 2.06. The number of hydrogen-bond acceptors (Lipinski definition) is 0. The third-order valence-corrected chi connectivity index (χ3v) is 5.72. The highest BCUT2D eigenvalue weighted by atomic mass is 15.0. The van der Waals surface area contributed by atoms with Crippen molar-refractivity contribution in [3.63, 3.8) is 0 Å². The Hall–Kier alpha value is -3.06. The van der Waals surface area contributed by atoms with Gasteiger partial charge < -0.3 is 4.57 Å². The summed E-state index contributed by atoms with van der Waals surface area (Å²) in [5, 5.41) is 0. The van der Waals surface area contributed by atoms with Gasteiger partial charge in [-0.05, 0) is 54.5 Å². The van der Waals surface area contributed by atoms with E-state index in [0.717, 1.165) is 12.8 Å². The van der Waals surface area contributed by atoms with Crippen molar-refractivity contribution in [1.82, 2.24) is 4.57 Å². The molecule has 0 aliphatic carbocycles. The van der Waals surface area contributed by atoms with Gasteiger partial charge in [-0.2, -0.15) is 0 Å². The highest BCUT2D eigenvalue weighted by Gasteiger charge is 2.21. The Morgan fingerprint density at radius 2 is 1.43 bits per heavy atom. The van der Waals surface area contributed by atoms with Crippen molar-refractivity contribution in [1.29, 1.82) is 0 Å². The van der Waals surface area contributed by atoms with E-state index in [1.54, 1.807) is 0 Å². The van der Waals surface area contributed by atoms with E-state index in [9.17, 15) is 0 Å². The van der Waals surface area contributed by atoms with Crippen LogP contribution < -0.4 is 0 Å². The van der Waals surface area contributed by atoms with Gasteiger partial charge in [0.05, 0.1) is 5.69 Å². The van der Waals surface area contributed by atoms with E-state index in [-0.39, 0.29) is 0 Å². The van der Waals surface area contributed by atoms with Crippen LogP contribution in [0.3, 0.4) is 0 Å². The highest BCUT2D eigenvalue weighted by Crippen LogP contribution is 2.39. The Bertz CT molecular complexity index is 1120. The topological polar surface area (TPSA) is 4.93 Å². The van der Waals surface area contributed by atoms with Crippen LogP contribution in [-0.2, 0) is 12.8 Å². The van der Waals surface area contributed by atoms with Gasteiger partial charge in [0.25, 0.3) is 0 Å². The molecule has 0 unspecified atom stereocenters. The lowest BCUT2D eigenvalue weighted by atomic mass is 10.00. The van der Waals surface area contributed by atoms with Crippen LogP contribution in [0.25, 0.3) is 28.1 Å². The number of aryl methyl sites for hydroxylation is 2. The van der Waals surface area contributed by atoms with Gasteiger partial charge in [0, 0.05) is 16.9 Å². The molecule has 1 heterocycles. The molecule has 1 nitrogen and oxygen atoms in total. The lowest BCUT2D eigenvalue weighted by Crippen LogP contribution is -2.07. The molecule has 0 radical (unpaired) electrons. The molecule has 0 aliphatic heterocycles. The summed E-state index contributed by atoms with van der Waals surface area (Å²) in [4.78, 5) is 0. The summed E-state index contributed by atoms with van der Waals surface area (Å²) >= 11 is 0. The summed E-state index contributed by atoms with van der Waals surface area (Å²) in [6.45, 7) is 9.00. The maximum atomic E-state index is 2.52. The van der Waals surface area contributed by atoms with E-state index >= 15 is 0 Å². The van der Waals surface area contributed by atoms with Crippen molar-refractivity contribution in [2.24, 2.45) is 5.92 Å². The Morgan fingerprint density at radius 3 is 2.10 bits per heavy atom. The van der Waals surface area contributed by atoms with Gasteiger partial charge in [0.2, 0.25) is 0 Å². The SMILES string of the molecule is CCc1ccccc1-n1c(CC(C)C)cc(-c2ccccc2)c1-c1ccc(C)cc1. The Labute approximate surface area is 181 Å². The molecule has 30 heavy (non-hydrogen) atoms. The number of aromatic nitrogens is 1. The number of benzene rings is 3. The first-order valence-corrected chi connectivity index (χ1v) is 11.0. The van der Waals surface area contributed by atoms with Crippen molar-refractivity contribution in [3.8, 4) is 28.1 Å². The van der Waals surface area contributed by atoms with Crippen molar-refractivity contribution >= 4 is 0 Å². The van der Waals surface area contributed by atoms with Gasteiger partial charge >= 0.3 is 0 Å². The molecule has 0 bridgehead atoms. The second-order valence-electron chi connectivity index (χ2n) is 8.55. The second-order valence-corrected chi connectivity index (χ2v) is 8.55. The first-order chi connectivity index (χ1) is 14.6. The maximum Gasteiger partial charge on any atom is 0.0609 e. The standard InChI is InChI=1S/C29H31N/c1-5-23-11-9-10-14-28(23)30-26(19-21(2)3)20-27(24-12-7-6-8-13-24)29(30)25-17-15-22(4)16-18-25/h6-18,20-21H,5,19H2,1-4H3. The van der Waals surface area contributed by atoms with Gasteiger partial charge in [-0.3, -0.25) is 0 Å². The smallest absolute Gasteiger partial charge is 0.0609 e. The third kappa shape index (κ3) is 3.98. The van der Waals surface area contributed by atoms with E-state index in [0.29, 0.717) is 5.92 Å². The number of hydrogen-bond donors (Lipinski definition) is 0. The molecule has 0 amide bonds. The normalized spacial score (nSPS) is 11.2. The zero-order chi connectivity index (χ0) is 21.1. The van der Waals surface area contributed by atoms with Crippen LogP contribution in [0.1, 0.15) is 37.6 Å². The molecule has 0 saturated heterocycles. The number of nitrogens with zero attached hydrogens (tertiary/aromatic N) is 1. The van der Waals surface area contributed by atoms with Gasteiger partial charge in [-0.1, -0.05) is 99.1 Å². The molecule has 0 aliphatic rings. The van der Waals surface area contributed by atoms with Crippen LogP contribution >= 0.6 is 0 Å². The fourth-order valence-electron chi connectivity index (χ4n) is 4.27. The summed E-state index contributed by atoms with van der Waals surface area (Å²) < 4.78 is 2.52. The summed E-state index contributed by atoms with van der Waals surface area (Å²) in [6, 6.07) is 31.0. The second kappa shape index (κ2) is 8.75. The maximum absolute atomic E-state index is 2.52. The molecule has 1 aromatic heterocycles. The highest BCUT2D eigenvalue weighted by molar-refractivity contribution is 5.84. The summed E-state index contributed by atoms with van der Waals surface area (Å²) in [5.41, 5.74) is 10.5. The minimum absolute atomic E-state index is 0.585. The minimum atomic E-state index is 0.585. The van der Waals surface area contributed by atoms with Crippen LogP contribution in [0, 0.1) is 12.8 Å². The summed E-state index contributed by atoms with van der Waals surface area (Å²) in [5.74, 6) is 0.585. The molecule has 4 rings (SSSR count). The van der Waals surface area contributed by atoms with E-state index in [1.165, 1.54) is 44.9 Å².